The van der Waals surface area contributed by atoms with Crippen molar-refractivity contribution in [2.75, 3.05) is 4.90 Å². The molecule has 0 aliphatic carbocycles. The van der Waals surface area contributed by atoms with Crippen LogP contribution in [0.4, 0.5) is 14.5 Å². The lowest BCUT2D eigenvalue weighted by molar-refractivity contribution is -0.107. The second kappa shape index (κ2) is 5.40. The molecule has 0 aromatic heterocycles. The number of nitrogens with zero attached hydrogens (tertiary/aromatic N) is 1. The van der Waals surface area contributed by atoms with Crippen molar-refractivity contribution in [3.05, 3.63) is 65.7 Å². The molecule has 0 saturated heterocycles. The van der Waals surface area contributed by atoms with Crippen LogP contribution in [0.2, 0.25) is 0 Å². The zero-order valence-corrected chi connectivity index (χ0v) is 9.51. The fourth-order valence-corrected chi connectivity index (χ4v) is 1.63. The van der Waals surface area contributed by atoms with Gasteiger partial charge in [-0.05, 0) is 17.7 Å². The second-order valence-corrected chi connectivity index (χ2v) is 3.82. The van der Waals surface area contributed by atoms with Gasteiger partial charge in [-0.3, -0.25) is 4.79 Å². The van der Waals surface area contributed by atoms with Gasteiger partial charge in [0.15, 0.2) is 11.6 Å². The number of amides is 1. The van der Waals surface area contributed by atoms with Gasteiger partial charge in [-0.1, -0.05) is 30.3 Å². The van der Waals surface area contributed by atoms with Crippen molar-refractivity contribution in [2.45, 2.75) is 6.54 Å². The highest BCUT2D eigenvalue weighted by Gasteiger charge is 2.09. The summed E-state index contributed by atoms with van der Waals surface area (Å²) in [6.45, 7) is 0.315. The minimum atomic E-state index is -0.965. The number of benzene rings is 2. The summed E-state index contributed by atoms with van der Waals surface area (Å²) in [5.74, 6) is -1.89. The number of anilines is 1. The van der Waals surface area contributed by atoms with E-state index in [1.165, 1.54) is 11.0 Å². The maximum Gasteiger partial charge on any atom is 0.214 e. The number of carbonyl (C=O) groups excluding carboxylic acids is 1. The molecule has 2 nitrogen and oxygen atoms in total. The highest BCUT2D eigenvalue weighted by atomic mass is 19.2. The van der Waals surface area contributed by atoms with Crippen molar-refractivity contribution in [1.82, 2.24) is 0 Å². The van der Waals surface area contributed by atoms with Gasteiger partial charge in [0, 0.05) is 11.8 Å². The molecule has 2 rings (SSSR count). The molecule has 18 heavy (non-hydrogen) atoms. The van der Waals surface area contributed by atoms with E-state index in [2.05, 4.69) is 0 Å². The molecule has 0 atom stereocenters. The molecular formula is C14H11F2NO. The van der Waals surface area contributed by atoms with Crippen LogP contribution < -0.4 is 4.90 Å². The SMILES string of the molecule is O=CN(Cc1ccccc1)c1ccc(F)c(F)c1. The standard InChI is InChI=1S/C14H11F2NO/c15-13-7-6-12(8-14(13)16)17(10-18)9-11-4-2-1-3-5-11/h1-8,10H,9H2. The predicted molar refractivity (Wildman–Crippen MR) is 65.0 cm³/mol. The molecule has 1 amide bonds. The van der Waals surface area contributed by atoms with Gasteiger partial charge in [0.2, 0.25) is 6.41 Å². The summed E-state index contributed by atoms with van der Waals surface area (Å²) in [4.78, 5) is 12.3. The Labute approximate surface area is 103 Å². The minimum Gasteiger partial charge on any atom is -0.310 e. The molecule has 0 aliphatic rings. The van der Waals surface area contributed by atoms with E-state index in [4.69, 9.17) is 0 Å². The topological polar surface area (TPSA) is 20.3 Å². The molecule has 0 radical (unpaired) electrons. The van der Waals surface area contributed by atoms with E-state index >= 15 is 0 Å². The average molecular weight is 247 g/mol. The molecule has 0 bridgehead atoms. The summed E-state index contributed by atoms with van der Waals surface area (Å²) >= 11 is 0. The van der Waals surface area contributed by atoms with Gasteiger partial charge in [0.25, 0.3) is 0 Å². The number of rotatable bonds is 4. The van der Waals surface area contributed by atoms with Crippen LogP contribution in [0.15, 0.2) is 48.5 Å². The van der Waals surface area contributed by atoms with Crippen molar-refractivity contribution < 1.29 is 13.6 Å². The fraction of sp³-hybridized carbons (Fsp3) is 0.0714. The average Bonchev–Trinajstić information content (AvgIpc) is 2.40. The van der Waals surface area contributed by atoms with Crippen molar-refractivity contribution in [3.8, 4) is 0 Å². The lowest BCUT2D eigenvalue weighted by Gasteiger charge is -2.17. The zero-order chi connectivity index (χ0) is 13.0. The normalized spacial score (nSPS) is 10.1. The third-order valence-corrected chi connectivity index (χ3v) is 2.56. The van der Waals surface area contributed by atoms with Gasteiger partial charge in [-0.25, -0.2) is 8.78 Å². The smallest absolute Gasteiger partial charge is 0.214 e. The summed E-state index contributed by atoms with van der Waals surface area (Å²) in [7, 11) is 0. The molecule has 0 aliphatic heterocycles. The molecule has 0 N–H and O–H groups in total. The number of hydrogen-bond acceptors (Lipinski definition) is 1. The first kappa shape index (κ1) is 12.2. The first-order valence-electron chi connectivity index (χ1n) is 5.41. The molecule has 0 heterocycles. The predicted octanol–water partition coefficient (Wildman–Crippen LogP) is 3.13. The highest BCUT2D eigenvalue weighted by molar-refractivity contribution is 5.74. The van der Waals surface area contributed by atoms with E-state index in [0.29, 0.717) is 18.6 Å². The van der Waals surface area contributed by atoms with Gasteiger partial charge in [-0.15, -0.1) is 0 Å². The van der Waals surface area contributed by atoms with Crippen LogP contribution in [0, 0.1) is 11.6 Å². The van der Waals surface area contributed by atoms with Crippen molar-refractivity contribution in [3.63, 3.8) is 0 Å². The first-order valence-corrected chi connectivity index (χ1v) is 5.41. The van der Waals surface area contributed by atoms with Crippen LogP contribution in [0.1, 0.15) is 5.56 Å². The van der Waals surface area contributed by atoms with Crippen LogP contribution in [0.3, 0.4) is 0 Å². The maximum atomic E-state index is 13.1. The number of halogens is 2. The summed E-state index contributed by atoms with van der Waals surface area (Å²) in [5, 5.41) is 0. The molecule has 4 heteroatoms. The van der Waals surface area contributed by atoms with E-state index in [1.54, 1.807) is 0 Å². The van der Waals surface area contributed by atoms with E-state index in [0.717, 1.165) is 17.7 Å². The Balaban J connectivity index is 2.23. The van der Waals surface area contributed by atoms with Crippen molar-refractivity contribution >= 4 is 12.1 Å². The van der Waals surface area contributed by atoms with E-state index in [1.807, 2.05) is 30.3 Å². The van der Waals surface area contributed by atoms with Crippen LogP contribution in [0.5, 0.6) is 0 Å². The number of hydrogen-bond donors (Lipinski definition) is 0. The molecular weight excluding hydrogens is 236 g/mol. The van der Waals surface area contributed by atoms with Crippen molar-refractivity contribution in [1.29, 1.82) is 0 Å². The molecule has 2 aromatic carbocycles. The third-order valence-electron chi connectivity index (χ3n) is 2.56. The summed E-state index contributed by atoms with van der Waals surface area (Å²) in [6, 6.07) is 12.7. The Morgan fingerprint density at radius 1 is 1.00 bits per heavy atom. The molecule has 0 saturated carbocycles. The van der Waals surface area contributed by atoms with Crippen LogP contribution in [0.25, 0.3) is 0 Å². The summed E-state index contributed by atoms with van der Waals surface area (Å²) in [6.07, 6.45) is 0.597. The zero-order valence-electron chi connectivity index (χ0n) is 9.51. The summed E-state index contributed by atoms with van der Waals surface area (Å²) < 4.78 is 25.9. The van der Waals surface area contributed by atoms with Crippen LogP contribution in [-0.2, 0) is 11.3 Å². The Hall–Kier alpha value is -2.23. The van der Waals surface area contributed by atoms with Gasteiger partial charge in [0.05, 0.1) is 6.54 Å². The van der Waals surface area contributed by atoms with E-state index < -0.39 is 11.6 Å². The summed E-state index contributed by atoms with van der Waals surface area (Å²) in [5.41, 5.74) is 1.24. The van der Waals surface area contributed by atoms with E-state index in [9.17, 15) is 13.6 Å². The number of carbonyl (C=O) groups is 1. The minimum absolute atomic E-state index is 0.315. The highest BCUT2D eigenvalue weighted by Crippen LogP contribution is 2.18. The molecule has 2 aromatic rings. The Bertz CT molecular complexity index is 543. The molecule has 92 valence electrons. The lowest BCUT2D eigenvalue weighted by Crippen LogP contribution is -2.20. The lowest BCUT2D eigenvalue weighted by atomic mass is 10.2. The maximum absolute atomic E-state index is 13.1. The fourth-order valence-electron chi connectivity index (χ4n) is 1.63. The van der Waals surface area contributed by atoms with Gasteiger partial charge < -0.3 is 4.90 Å². The van der Waals surface area contributed by atoms with Gasteiger partial charge >= 0.3 is 0 Å². The molecule has 0 unspecified atom stereocenters. The second-order valence-electron chi connectivity index (χ2n) is 3.82. The van der Waals surface area contributed by atoms with Crippen LogP contribution >= 0.6 is 0 Å². The molecule has 0 fully saturated rings. The Morgan fingerprint density at radius 2 is 1.72 bits per heavy atom. The van der Waals surface area contributed by atoms with E-state index in [-0.39, 0.29) is 0 Å². The largest absolute Gasteiger partial charge is 0.310 e. The van der Waals surface area contributed by atoms with Gasteiger partial charge in [0.1, 0.15) is 0 Å². The Kier molecular flexibility index (Phi) is 3.67. The Morgan fingerprint density at radius 3 is 2.33 bits per heavy atom. The third kappa shape index (κ3) is 2.71. The van der Waals surface area contributed by atoms with Crippen LogP contribution in [-0.4, -0.2) is 6.41 Å². The quantitative estimate of drug-likeness (QED) is 0.760. The van der Waals surface area contributed by atoms with Crippen molar-refractivity contribution in [2.24, 2.45) is 0 Å². The monoisotopic (exact) mass is 247 g/mol. The molecule has 0 spiro atoms. The first-order chi connectivity index (χ1) is 8.70. The van der Waals surface area contributed by atoms with Gasteiger partial charge in [-0.2, -0.15) is 0 Å².